The van der Waals surface area contributed by atoms with E-state index in [1.165, 1.54) is 11.3 Å². The van der Waals surface area contributed by atoms with Crippen molar-refractivity contribution in [3.8, 4) is 0 Å². The molecule has 0 unspecified atom stereocenters. The van der Waals surface area contributed by atoms with E-state index in [4.69, 9.17) is 5.11 Å². The number of aliphatic hydroxyl groups excluding tert-OH is 1. The van der Waals surface area contributed by atoms with Gasteiger partial charge in [0.25, 0.3) is 5.91 Å². The van der Waals surface area contributed by atoms with Crippen LogP contribution in [0.2, 0.25) is 0 Å². The first-order valence-electron chi connectivity index (χ1n) is 4.88. The molecule has 1 aromatic heterocycles. The number of hydrogen-bond acceptors (Lipinski definition) is 4. The molecule has 5 heteroatoms. The molecule has 1 aromatic rings. The molecule has 0 aliphatic rings. The lowest BCUT2D eigenvalue weighted by atomic mass is 10.1. The van der Waals surface area contributed by atoms with E-state index in [2.05, 4.69) is 10.3 Å². The van der Waals surface area contributed by atoms with Crippen molar-refractivity contribution in [3.05, 3.63) is 16.1 Å². The number of rotatable bonds is 4. The molecule has 15 heavy (non-hydrogen) atoms. The zero-order valence-electron chi connectivity index (χ0n) is 9.15. The minimum Gasteiger partial charge on any atom is -0.394 e. The normalized spacial score (nSPS) is 12.9. The zero-order valence-corrected chi connectivity index (χ0v) is 9.97. The maximum atomic E-state index is 11.7. The Morgan fingerprint density at radius 1 is 1.67 bits per heavy atom. The minimum absolute atomic E-state index is 0.0404. The lowest BCUT2D eigenvalue weighted by Crippen LogP contribution is -2.41. The second-order valence-electron chi connectivity index (χ2n) is 3.77. The summed E-state index contributed by atoms with van der Waals surface area (Å²) in [5, 5.41) is 11.9. The second kappa shape index (κ2) is 5.23. The summed E-state index contributed by atoms with van der Waals surface area (Å²) in [4.78, 5) is 16.4. The molecule has 0 aliphatic carbocycles. The van der Waals surface area contributed by atoms with Crippen LogP contribution < -0.4 is 5.32 Å². The molecular formula is C10H16N2O2S. The first-order chi connectivity index (χ1) is 7.06. The van der Waals surface area contributed by atoms with Crippen LogP contribution in [0.3, 0.4) is 0 Å². The molecule has 0 aliphatic heterocycles. The van der Waals surface area contributed by atoms with Crippen molar-refractivity contribution in [2.45, 2.75) is 26.8 Å². The van der Waals surface area contributed by atoms with Crippen LogP contribution in [0.25, 0.3) is 0 Å². The number of aromatic nitrogens is 1. The number of nitrogens with one attached hydrogen (secondary N) is 1. The molecule has 2 N–H and O–H groups in total. The Labute approximate surface area is 93.4 Å². The van der Waals surface area contributed by atoms with E-state index in [1.807, 2.05) is 13.8 Å². The molecule has 0 bridgehead atoms. The standard InChI is InChI=1S/C10H16N2O2S/c1-6(2)8(4-13)12-10(14)9-7(3)11-5-15-9/h5-6,8,13H,4H2,1-3H3,(H,12,14)/t8-/m1/s1. The van der Waals surface area contributed by atoms with Crippen LogP contribution in [-0.2, 0) is 0 Å². The van der Waals surface area contributed by atoms with Gasteiger partial charge in [-0.3, -0.25) is 4.79 Å². The summed E-state index contributed by atoms with van der Waals surface area (Å²) in [5.41, 5.74) is 2.38. The zero-order chi connectivity index (χ0) is 11.4. The van der Waals surface area contributed by atoms with Gasteiger partial charge in [0, 0.05) is 0 Å². The first-order valence-corrected chi connectivity index (χ1v) is 5.76. The Hall–Kier alpha value is -0.940. The third-order valence-corrected chi connectivity index (χ3v) is 3.20. The second-order valence-corrected chi connectivity index (χ2v) is 4.63. The van der Waals surface area contributed by atoms with Gasteiger partial charge in [-0.2, -0.15) is 0 Å². The number of nitrogens with zero attached hydrogens (tertiary/aromatic N) is 1. The third kappa shape index (κ3) is 3.00. The lowest BCUT2D eigenvalue weighted by Gasteiger charge is -2.19. The fourth-order valence-electron chi connectivity index (χ4n) is 1.18. The molecule has 84 valence electrons. The van der Waals surface area contributed by atoms with Gasteiger partial charge < -0.3 is 10.4 Å². The Balaban J connectivity index is 2.67. The lowest BCUT2D eigenvalue weighted by molar-refractivity contribution is 0.0900. The van der Waals surface area contributed by atoms with Gasteiger partial charge in [0.1, 0.15) is 4.88 Å². The van der Waals surface area contributed by atoms with Crippen molar-refractivity contribution >= 4 is 17.2 Å². The molecular weight excluding hydrogens is 212 g/mol. The van der Waals surface area contributed by atoms with E-state index in [0.29, 0.717) is 4.88 Å². The highest BCUT2D eigenvalue weighted by Crippen LogP contribution is 2.12. The SMILES string of the molecule is Cc1ncsc1C(=O)N[C@H](CO)C(C)C. The molecule has 0 saturated carbocycles. The molecule has 1 amide bonds. The van der Waals surface area contributed by atoms with Gasteiger partial charge in [0.2, 0.25) is 0 Å². The molecule has 0 aromatic carbocycles. The average Bonchev–Trinajstić information content (AvgIpc) is 2.60. The van der Waals surface area contributed by atoms with E-state index in [0.717, 1.165) is 5.69 Å². The van der Waals surface area contributed by atoms with Gasteiger partial charge in [0.15, 0.2) is 0 Å². The highest BCUT2D eigenvalue weighted by atomic mass is 32.1. The van der Waals surface area contributed by atoms with E-state index < -0.39 is 0 Å². The molecule has 1 atom stereocenters. The first kappa shape index (κ1) is 12.1. The van der Waals surface area contributed by atoms with E-state index in [9.17, 15) is 4.79 Å². The predicted molar refractivity (Wildman–Crippen MR) is 60.0 cm³/mol. The van der Waals surface area contributed by atoms with Crippen LogP contribution in [0.15, 0.2) is 5.51 Å². The molecule has 1 heterocycles. The topological polar surface area (TPSA) is 62.2 Å². The largest absolute Gasteiger partial charge is 0.394 e. The van der Waals surface area contributed by atoms with Crippen LogP contribution in [0.1, 0.15) is 29.2 Å². The van der Waals surface area contributed by atoms with E-state index in [-0.39, 0.29) is 24.5 Å². The smallest absolute Gasteiger partial charge is 0.263 e. The number of aliphatic hydroxyl groups is 1. The highest BCUT2D eigenvalue weighted by Gasteiger charge is 2.18. The Bertz CT molecular complexity index is 336. The molecule has 0 spiro atoms. The summed E-state index contributed by atoms with van der Waals surface area (Å²) >= 11 is 1.32. The van der Waals surface area contributed by atoms with Crippen LogP contribution in [0.4, 0.5) is 0 Å². The summed E-state index contributed by atoms with van der Waals surface area (Å²) in [6.45, 7) is 5.68. The van der Waals surface area contributed by atoms with Crippen molar-refractivity contribution in [1.29, 1.82) is 0 Å². The van der Waals surface area contributed by atoms with Crippen LogP contribution >= 0.6 is 11.3 Å². The fraction of sp³-hybridized carbons (Fsp3) is 0.600. The van der Waals surface area contributed by atoms with Crippen molar-refractivity contribution in [2.75, 3.05) is 6.61 Å². The number of carbonyl (C=O) groups is 1. The van der Waals surface area contributed by atoms with Crippen molar-refractivity contribution in [2.24, 2.45) is 5.92 Å². The summed E-state index contributed by atoms with van der Waals surface area (Å²) in [5.74, 6) is 0.0647. The molecule has 4 nitrogen and oxygen atoms in total. The van der Waals surface area contributed by atoms with Crippen molar-refractivity contribution in [3.63, 3.8) is 0 Å². The minimum atomic E-state index is -0.195. The number of amides is 1. The maximum absolute atomic E-state index is 11.7. The summed E-state index contributed by atoms with van der Waals surface area (Å²) in [6.07, 6.45) is 0. The van der Waals surface area contributed by atoms with E-state index in [1.54, 1.807) is 12.4 Å². The molecule has 1 rings (SSSR count). The van der Waals surface area contributed by atoms with E-state index >= 15 is 0 Å². The number of hydrogen-bond donors (Lipinski definition) is 2. The van der Waals surface area contributed by atoms with Gasteiger partial charge in [-0.25, -0.2) is 4.98 Å². The number of aryl methyl sites for hydroxylation is 1. The van der Waals surface area contributed by atoms with Crippen LogP contribution in [-0.4, -0.2) is 28.6 Å². The fourth-order valence-corrected chi connectivity index (χ4v) is 1.88. The van der Waals surface area contributed by atoms with Crippen molar-refractivity contribution < 1.29 is 9.90 Å². The van der Waals surface area contributed by atoms with Crippen molar-refractivity contribution in [1.82, 2.24) is 10.3 Å². The average molecular weight is 228 g/mol. The number of thiazole rings is 1. The Morgan fingerprint density at radius 2 is 2.33 bits per heavy atom. The Morgan fingerprint density at radius 3 is 2.73 bits per heavy atom. The highest BCUT2D eigenvalue weighted by molar-refractivity contribution is 7.11. The van der Waals surface area contributed by atoms with Crippen LogP contribution in [0, 0.1) is 12.8 Å². The van der Waals surface area contributed by atoms with Gasteiger partial charge in [0.05, 0.1) is 23.9 Å². The molecule has 0 fully saturated rings. The summed E-state index contributed by atoms with van der Waals surface area (Å²) in [6, 6.07) is -0.195. The molecule has 0 saturated heterocycles. The van der Waals surface area contributed by atoms with Gasteiger partial charge in [-0.05, 0) is 12.8 Å². The van der Waals surface area contributed by atoms with Gasteiger partial charge >= 0.3 is 0 Å². The maximum Gasteiger partial charge on any atom is 0.263 e. The summed E-state index contributed by atoms with van der Waals surface area (Å²) in [7, 11) is 0. The van der Waals surface area contributed by atoms with Gasteiger partial charge in [-0.15, -0.1) is 11.3 Å². The summed E-state index contributed by atoms with van der Waals surface area (Å²) < 4.78 is 0. The third-order valence-electron chi connectivity index (χ3n) is 2.27. The molecule has 0 radical (unpaired) electrons. The van der Waals surface area contributed by atoms with Gasteiger partial charge in [-0.1, -0.05) is 13.8 Å². The predicted octanol–water partition coefficient (Wildman–Crippen LogP) is 1.20. The van der Waals surface area contributed by atoms with Crippen LogP contribution in [0.5, 0.6) is 0 Å². The monoisotopic (exact) mass is 228 g/mol. The quantitative estimate of drug-likeness (QED) is 0.814. The Kier molecular flexibility index (Phi) is 4.23. The number of carbonyl (C=O) groups excluding carboxylic acids is 1.